The van der Waals surface area contributed by atoms with Crippen molar-refractivity contribution in [3.05, 3.63) is 99.5 Å². The maximum atomic E-state index is 13.3. The number of aliphatic carboxylic acids is 1. The molecular weight excluding hydrogens is 423 g/mol. The second-order valence-electron chi connectivity index (χ2n) is 6.76. The standard InChI is InChI=1S/C24H20Cl2O4/c25-20-10-5-11-21(26)23(20)19(12-13-22(27)28)24(29)17-8-4-9-18(14-17)30-15-16-6-2-1-3-7-16/h1-11,14,19H,12-13,15H2,(H,27,28)/p-1. The van der Waals surface area contributed by atoms with E-state index in [1.807, 2.05) is 30.3 Å². The van der Waals surface area contributed by atoms with Gasteiger partial charge in [0.25, 0.3) is 0 Å². The number of carboxylic acids is 1. The number of carbonyl (C=O) groups is 2. The topological polar surface area (TPSA) is 66.4 Å². The van der Waals surface area contributed by atoms with Gasteiger partial charge in [-0.25, -0.2) is 0 Å². The first-order valence-corrected chi connectivity index (χ1v) is 10.2. The number of ether oxygens (including phenoxy) is 1. The number of carboxylic acid groups (broad SMARTS) is 1. The fraction of sp³-hybridized carbons (Fsp3) is 0.167. The Morgan fingerprint density at radius 2 is 1.57 bits per heavy atom. The second-order valence-corrected chi connectivity index (χ2v) is 7.58. The Kier molecular flexibility index (Phi) is 7.50. The highest BCUT2D eigenvalue weighted by Crippen LogP contribution is 2.36. The molecule has 0 fully saturated rings. The molecule has 0 aromatic heterocycles. The summed E-state index contributed by atoms with van der Waals surface area (Å²) in [5.41, 5.74) is 1.81. The molecular formula is C24H19Cl2O4-. The number of ketones is 1. The van der Waals surface area contributed by atoms with Crippen LogP contribution in [0, 0.1) is 0 Å². The zero-order chi connectivity index (χ0) is 21.5. The van der Waals surface area contributed by atoms with Crippen LogP contribution in [0.3, 0.4) is 0 Å². The highest BCUT2D eigenvalue weighted by molar-refractivity contribution is 6.36. The molecule has 0 aliphatic carbocycles. The smallest absolute Gasteiger partial charge is 0.170 e. The van der Waals surface area contributed by atoms with Gasteiger partial charge in [0, 0.05) is 27.1 Å². The third kappa shape index (κ3) is 5.62. The molecule has 1 atom stereocenters. The van der Waals surface area contributed by atoms with Gasteiger partial charge in [0.1, 0.15) is 12.4 Å². The predicted octanol–water partition coefficient (Wildman–Crippen LogP) is 5.07. The summed E-state index contributed by atoms with van der Waals surface area (Å²) in [6.07, 6.45) is -0.262. The molecule has 1 unspecified atom stereocenters. The van der Waals surface area contributed by atoms with Crippen molar-refractivity contribution >= 4 is 35.0 Å². The van der Waals surface area contributed by atoms with Crippen LogP contribution in [-0.2, 0) is 11.4 Å². The number of rotatable bonds is 9. The number of halogens is 2. The van der Waals surface area contributed by atoms with Crippen molar-refractivity contribution in [1.29, 1.82) is 0 Å². The molecule has 0 saturated carbocycles. The van der Waals surface area contributed by atoms with E-state index >= 15 is 0 Å². The van der Waals surface area contributed by atoms with E-state index in [1.54, 1.807) is 42.5 Å². The Morgan fingerprint density at radius 3 is 2.23 bits per heavy atom. The number of hydrogen-bond acceptors (Lipinski definition) is 4. The molecule has 3 aromatic carbocycles. The fourth-order valence-corrected chi connectivity index (χ4v) is 3.85. The normalized spacial score (nSPS) is 11.7. The molecule has 3 aromatic rings. The molecule has 30 heavy (non-hydrogen) atoms. The lowest BCUT2D eigenvalue weighted by Crippen LogP contribution is -2.24. The minimum Gasteiger partial charge on any atom is -0.550 e. The van der Waals surface area contributed by atoms with E-state index < -0.39 is 11.9 Å². The molecule has 0 heterocycles. The molecule has 0 bridgehead atoms. The molecule has 0 spiro atoms. The molecule has 4 nitrogen and oxygen atoms in total. The number of hydrogen-bond donors (Lipinski definition) is 0. The first kappa shape index (κ1) is 21.9. The Labute approximate surface area is 185 Å². The van der Waals surface area contributed by atoms with Gasteiger partial charge in [-0.05, 0) is 42.7 Å². The van der Waals surface area contributed by atoms with Gasteiger partial charge in [-0.3, -0.25) is 4.79 Å². The summed E-state index contributed by atoms with van der Waals surface area (Å²) >= 11 is 12.6. The molecule has 0 aliphatic rings. The van der Waals surface area contributed by atoms with Crippen LogP contribution in [0.15, 0.2) is 72.8 Å². The average Bonchev–Trinajstić information content (AvgIpc) is 2.74. The van der Waals surface area contributed by atoms with E-state index in [-0.39, 0.29) is 18.6 Å². The largest absolute Gasteiger partial charge is 0.550 e. The van der Waals surface area contributed by atoms with Gasteiger partial charge in [0.05, 0.1) is 5.92 Å². The zero-order valence-corrected chi connectivity index (χ0v) is 17.5. The summed E-state index contributed by atoms with van der Waals surface area (Å²) in [6.45, 7) is 0.364. The minimum absolute atomic E-state index is 0.0275. The molecule has 6 heteroatoms. The average molecular weight is 442 g/mol. The van der Waals surface area contributed by atoms with Crippen molar-refractivity contribution in [1.82, 2.24) is 0 Å². The zero-order valence-electron chi connectivity index (χ0n) is 16.0. The van der Waals surface area contributed by atoms with E-state index in [4.69, 9.17) is 27.9 Å². The molecule has 3 rings (SSSR count). The summed E-state index contributed by atoms with van der Waals surface area (Å²) in [7, 11) is 0. The lowest BCUT2D eigenvalue weighted by atomic mass is 9.86. The van der Waals surface area contributed by atoms with Gasteiger partial charge in [-0.15, -0.1) is 0 Å². The van der Waals surface area contributed by atoms with Crippen molar-refractivity contribution in [2.45, 2.75) is 25.4 Å². The van der Waals surface area contributed by atoms with Crippen molar-refractivity contribution in [3.63, 3.8) is 0 Å². The monoisotopic (exact) mass is 441 g/mol. The van der Waals surface area contributed by atoms with Crippen LogP contribution in [0.1, 0.15) is 40.2 Å². The van der Waals surface area contributed by atoms with Crippen LogP contribution in [-0.4, -0.2) is 11.8 Å². The Morgan fingerprint density at radius 1 is 0.900 bits per heavy atom. The van der Waals surface area contributed by atoms with Crippen molar-refractivity contribution in [3.8, 4) is 5.75 Å². The third-order valence-electron chi connectivity index (χ3n) is 4.67. The summed E-state index contributed by atoms with van der Waals surface area (Å²) in [4.78, 5) is 24.3. The van der Waals surface area contributed by atoms with Crippen LogP contribution in [0.5, 0.6) is 5.75 Å². The molecule has 154 valence electrons. The molecule has 0 saturated heterocycles. The first-order valence-electron chi connectivity index (χ1n) is 9.40. The molecule has 0 N–H and O–H groups in total. The Bertz CT molecular complexity index is 1010. The fourth-order valence-electron chi connectivity index (χ4n) is 3.19. The summed E-state index contributed by atoms with van der Waals surface area (Å²) in [5, 5.41) is 11.7. The van der Waals surface area contributed by atoms with Crippen LogP contribution in [0.4, 0.5) is 0 Å². The Hall–Kier alpha value is -2.82. The number of benzene rings is 3. The van der Waals surface area contributed by atoms with Gasteiger partial charge in [0.2, 0.25) is 0 Å². The van der Waals surface area contributed by atoms with Crippen molar-refractivity contribution < 1.29 is 19.4 Å². The lowest BCUT2D eigenvalue weighted by Gasteiger charge is -2.20. The predicted molar refractivity (Wildman–Crippen MR) is 115 cm³/mol. The van der Waals surface area contributed by atoms with Crippen LogP contribution >= 0.6 is 23.2 Å². The maximum absolute atomic E-state index is 13.3. The molecule has 0 amide bonds. The van der Waals surface area contributed by atoms with Crippen molar-refractivity contribution in [2.75, 3.05) is 0 Å². The van der Waals surface area contributed by atoms with E-state index in [1.165, 1.54) is 0 Å². The third-order valence-corrected chi connectivity index (χ3v) is 5.33. The highest BCUT2D eigenvalue weighted by atomic mass is 35.5. The van der Waals surface area contributed by atoms with E-state index in [9.17, 15) is 14.7 Å². The van der Waals surface area contributed by atoms with E-state index in [2.05, 4.69) is 0 Å². The molecule has 0 radical (unpaired) electrons. The highest BCUT2D eigenvalue weighted by Gasteiger charge is 2.26. The van der Waals surface area contributed by atoms with Gasteiger partial charge < -0.3 is 14.6 Å². The summed E-state index contributed by atoms with van der Waals surface area (Å²) in [5.74, 6) is -1.80. The minimum atomic E-state index is -1.24. The van der Waals surface area contributed by atoms with Gasteiger partial charge in [0.15, 0.2) is 5.78 Å². The van der Waals surface area contributed by atoms with Gasteiger partial charge in [-0.1, -0.05) is 71.7 Å². The summed E-state index contributed by atoms with van der Waals surface area (Å²) < 4.78 is 5.81. The van der Waals surface area contributed by atoms with Gasteiger partial charge >= 0.3 is 0 Å². The first-order chi connectivity index (χ1) is 14.5. The maximum Gasteiger partial charge on any atom is 0.170 e. The van der Waals surface area contributed by atoms with Crippen LogP contribution in [0.2, 0.25) is 10.0 Å². The SMILES string of the molecule is O=C([O-])CCC(C(=O)c1cccc(OCc2ccccc2)c1)c1c(Cl)cccc1Cl. The Balaban J connectivity index is 1.86. The lowest BCUT2D eigenvalue weighted by molar-refractivity contribution is -0.305. The van der Waals surface area contributed by atoms with E-state index in [0.29, 0.717) is 33.5 Å². The number of carbonyl (C=O) groups excluding carboxylic acids is 2. The number of Topliss-reactive ketones (excluding diaryl/α,β-unsaturated/α-hetero) is 1. The van der Waals surface area contributed by atoms with Gasteiger partial charge in [-0.2, -0.15) is 0 Å². The second kappa shape index (κ2) is 10.3. The quantitative estimate of drug-likeness (QED) is 0.434. The van der Waals surface area contributed by atoms with Crippen LogP contribution in [0.25, 0.3) is 0 Å². The van der Waals surface area contributed by atoms with Crippen LogP contribution < -0.4 is 9.84 Å². The molecule has 0 aliphatic heterocycles. The van der Waals surface area contributed by atoms with E-state index in [0.717, 1.165) is 5.56 Å². The summed E-state index contributed by atoms with van der Waals surface area (Å²) in [6, 6.07) is 21.4. The van der Waals surface area contributed by atoms with Crippen molar-refractivity contribution in [2.24, 2.45) is 0 Å².